The molecule has 0 fully saturated rings. The van der Waals surface area contributed by atoms with E-state index < -0.39 is 0 Å². The summed E-state index contributed by atoms with van der Waals surface area (Å²) in [6.45, 7) is 4.11. The van der Waals surface area contributed by atoms with Crippen molar-refractivity contribution in [1.29, 1.82) is 0 Å². The molecule has 0 unspecified atom stereocenters. The number of benzene rings is 1. The number of nitrogens with zero attached hydrogens (tertiary/aromatic N) is 1. The molecule has 0 bridgehead atoms. The molecule has 0 saturated carbocycles. The maximum atomic E-state index is 6.08. The van der Waals surface area contributed by atoms with Crippen LogP contribution < -0.4 is 5.32 Å². The molecule has 1 aromatic heterocycles. The fourth-order valence-corrected chi connectivity index (χ4v) is 2.67. The van der Waals surface area contributed by atoms with E-state index in [1.165, 1.54) is 11.1 Å². The van der Waals surface area contributed by atoms with Crippen LogP contribution in [0.2, 0.25) is 5.02 Å². The highest BCUT2D eigenvalue weighted by molar-refractivity contribution is 7.09. The molecule has 0 aliphatic rings. The SMILES string of the molecule is CCCNCc1ccc(Cl)cc1Cc1nccs1. The van der Waals surface area contributed by atoms with Gasteiger partial charge in [0.15, 0.2) is 0 Å². The summed E-state index contributed by atoms with van der Waals surface area (Å²) in [5.41, 5.74) is 2.57. The molecule has 2 rings (SSSR count). The van der Waals surface area contributed by atoms with Gasteiger partial charge in [0.05, 0.1) is 5.01 Å². The fraction of sp³-hybridized carbons (Fsp3) is 0.357. The highest BCUT2D eigenvalue weighted by Crippen LogP contribution is 2.20. The van der Waals surface area contributed by atoms with Crippen molar-refractivity contribution in [2.75, 3.05) is 6.54 Å². The zero-order valence-corrected chi connectivity index (χ0v) is 12.0. The van der Waals surface area contributed by atoms with Gasteiger partial charge < -0.3 is 5.32 Å². The van der Waals surface area contributed by atoms with Crippen LogP contribution in [-0.2, 0) is 13.0 Å². The van der Waals surface area contributed by atoms with Crippen molar-refractivity contribution in [2.24, 2.45) is 0 Å². The minimum absolute atomic E-state index is 0.792. The number of thiazole rings is 1. The largest absolute Gasteiger partial charge is 0.313 e. The molecule has 0 aliphatic heterocycles. The Morgan fingerprint density at radius 3 is 2.94 bits per heavy atom. The molecule has 1 aromatic carbocycles. The number of hydrogen-bond donors (Lipinski definition) is 1. The molecule has 1 N–H and O–H groups in total. The molecule has 4 heteroatoms. The van der Waals surface area contributed by atoms with Crippen LogP contribution in [0.25, 0.3) is 0 Å². The normalized spacial score (nSPS) is 10.8. The molecule has 0 aliphatic carbocycles. The van der Waals surface area contributed by atoms with E-state index in [1.807, 2.05) is 23.7 Å². The third-order valence-electron chi connectivity index (χ3n) is 2.74. The van der Waals surface area contributed by atoms with E-state index in [-0.39, 0.29) is 0 Å². The van der Waals surface area contributed by atoms with E-state index in [4.69, 9.17) is 11.6 Å². The van der Waals surface area contributed by atoms with Crippen LogP contribution in [0.15, 0.2) is 29.8 Å². The molecular formula is C14H17ClN2S. The predicted molar refractivity (Wildman–Crippen MR) is 78.4 cm³/mol. The zero-order valence-electron chi connectivity index (χ0n) is 10.4. The highest BCUT2D eigenvalue weighted by Gasteiger charge is 2.06. The maximum Gasteiger partial charge on any atom is 0.0968 e. The summed E-state index contributed by atoms with van der Waals surface area (Å²) >= 11 is 7.77. The Hall–Kier alpha value is -0.900. The molecular weight excluding hydrogens is 264 g/mol. The van der Waals surface area contributed by atoms with Crippen molar-refractivity contribution < 1.29 is 0 Å². The van der Waals surface area contributed by atoms with E-state index in [9.17, 15) is 0 Å². The molecule has 18 heavy (non-hydrogen) atoms. The minimum atomic E-state index is 0.792. The van der Waals surface area contributed by atoms with Crippen molar-refractivity contribution >= 4 is 22.9 Å². The lowest BCUT2D eigenvalue weighted by Gasteiger charge is -2.10. The van der Waals surface area contributed by atoms with Crippen LogP contribution in [0.5, 0.6) is 0 Å². The highest BCUT2D eigenvalue weighted by atomic mass is 35.5. The molecule has 96 valence electrons. The summed E-state index contributed by atoms with van der Waals surface area (Å²) in [6.07, 6.45) is 3.86. The van der Waals surface area contributed by atoms with Gasteiger partial charge in [-0.1, -0.05) is 24.6 Å². The lowest BCUT2D eigenvalue weighted by Crippen LogP contribution is -2.15. The first-order valence-electron chi connectivity index (χ1n) is 6.16. The van der Waals surface area contributed by atoms with E-state index in [0.29, 0.717) is 0 Å². The average Bonchev–Trinajstić information content (AvgIpc) is 2.85. The molecule has 0 saturated heterocycles. The van der Waals surface area contributed by atoms with Crippen molar-refractivity contribution in [3.05, 3.63) is 50.9 Å². The second kappa shape index (κ2) is 6.88. The second-order valence-corrected chi connectivity index (χ2v) is 5.61. The Morgan fingerprint density at radius 2 is 2.22 bits per heavy atom. The van der Waals surface area contributed by atoms with Crippen molar-refractivity contribution in [1.82, 2.24) is 10.3 Å². The van der Waals surface area contributed by atoms with Crippen LogP contribution in [0.1, 0.15) is 29.5 Å². The summed E-state index contributed by atoms with van der Waals surface area (Å²) in [4.78, 5) is 4.33. The van der Waals surface area contributed by atoms with E-state index in [1.54, 1.807) is 11.3 Å². The molecule has 0 amide bonds. The van der Waals surface area contributed by atoms with E-state index >= 15 is 0 Å². The lowest BCUT2D eigenvalue weighted by molar-refractivity contribution is 0.672. The van der Waals surface area contributed by atoms with Gasteiger partial charge in [0.1, 0.15) is 0 Å². The van der Waals surface area contributed by atoms with Gasteiger partial charge >= 0.3 is 0 Å². The van der Waals surface area contributed by atoms with Crippen LogP contribution in [-0.4, -0.2) is 11.5 Å². The molecule has 2 aromatic rings. The minimum Gasteiger partial charge on any atom is -0.313 e. The summed E-state index contributed by atoms with van der Waals surface area (Å²) in [6, 6.07) is 6.11. The van der Waals surface area contributed by atoms with Crippen LogP contribution in [0.4, 0.5) is 0 Å². The van der Waals surface area contributed by atoms with Crippen molar-refractivity contribution in [2.45, 2.75) is 26.3 Å². The number of hydrogen-bond acceptors (Lipinski definition) is 3. The Kier molecular flexibility index (Phi) is 5.17. The van der Waals surface area contributed by atoms with E-state index in [2.05, 4.69) is 23.3 Å². The fourth-order valence-electron chi connectivity index (χ4n) is 1.83. The molecule has 0 radical (unpaired) electrons. The van der Waals surface area contributed by atoms with Crippen molar-refractivity contribution in [3.8, 4) is 0 Å². The Labute approximate surface area is 117 Å². The van der Waals surface area contributed by atoms with E-state index in [0.717, 1.165) is 36.0 Å². The summed E-state index contributed by atoms with van der Waals surface area (Å²) in [5.74, 6) is 0. The van der Waals surface area contributed by atoms with Gasteiger partial charge in [-0.15, -0.1) is 11.3 Å². The number of halogens is 1. The summed E-state index contributed by atoms with van der Waals surface area (Å²) < 4.78 is 0. The summed E-state index contributed by atoms with van der Waals surface area (Å²) in [7, 11) is 0. The van der Waals surface area contributed by atoms with Gasteiger partial charge in [0, 0.05) is 29.6 Å². The van der Waals surface area contributed by atoms with Crippen LogP contribution >= 0.6 is 22.9 Å². The number of aromatic nitrogens is 1. The van der Waals surface area contributed by atoms with Gasteiger partial charge in [-0.3, -0.25) is 0 Å². The maximum absolute atomic E-state index is 6.08. The quantitative estimate of drug-likeness (QED) is 0.812. The zero-order chi connectivity index (χ0) is 12.8. The third kappa shape index (κ3) is 3.80. The predicted octanol–water partition coefficient (Wildman–Crippen LogP) is 3.89. The molecule has 0 spiro atoms. The molecule has 2 nitrogen and oxygen atoms in total. The average molecular weight is 281 g/mol. The van der Waals surface area contributed by atoms with Gasteiger partial charge in [-0.25, -0.2) is 4.98 Å². The second-order valence-electron chi connectivity index (χ2n) is 4.19. The first kappa shape index (κ1) is 13.5. The summed E-state index contributed by atoms with van der Waals surface area (Å²) in [5, 5.41) is 7.37. The van der Waals surface area contributed by atoms with Gasteiger partial charge in [0.25, 0.3) is 0 Å². The standard InChI is InChI=1S/C14H17ClN2S/c1-2-5-16-10-11-3-4-13(15)8-12(11)9-14-17-6-7-18-14/h3-4,6-8,16H,2,5,9-10H2,1H3. The first-order valence-corrected chi connectivity index (χ1v) is 7.41. The van der Waals surface area contributed by atoms with Crippen LogP contribution in [0.3, 0.4) is 0 Å². The van der Waals surface area contributed by atoms with Gasteiger partial charge in [-0.2, -0.15) is 0 Å². The lowest BCUT2D eigenvalue weighted by atomic mass is 10.0. The smallest absolute Gasteiger partial charge is 0.0968 e. The Bertz CT molecular complexity index is 483. The van der Waals surface area contributed by atoms with Gasteiger partial charge in [0.2, 0.25) is 0 Å². The topological polar surface area (TPSA) is 24.9 Å². The first-order chi connectivity index (χ1) is 8.79. The molecule has 0 atom stereocenters. The van der Waals surface area contributed by atoms with Crippen LogP contribution in [0, 0.1) is 0 Å². The van der Waals surface area contributed by atoms with Crippen molar-refractivity contribution in [3.63, 3.8) is 0 Å². The Balaban J connectivity index is 2.12. The third-order valence-corrected chi connectivity index (χ3v) is 3.75. The monoisotopic (exact) mass is 280 g/mol. The number of nitrogens with one attached hydrogen (secondary N) is 1. The number of rotatable bonds is 6. The molecule has 1 heterocycles. The Morgan fingerprint density at radius 1 is 1.33 bits per heavy atom. The van der Waals surface area contributed by atoms with Gasteiger partial charge in [-0.05, 0) is 36.2 Å².